The number of hydrogen-bond acceptors (Lipinski definition) is 4. The lowest BCUT2D eigenvalue weighted by Gasteiger charge is -2.10. The normalized spacial score (nSPS) is 9.95. The minimum absolute atomic E-state index is 0.0953. The number of hydrogen-bond donors (Lipinski definition) is 1. The van der Waals surface area contributed by atoms with Gasteiger partial charge in [-0.2, -0.15) is 0 Å². The predicted molar refractivity (Wildman–Crippen MR) is 80.0 cm³/mol. The average Bonchev–Trinajstić information content (AvgIpc) is 2.49. The van der Waals surface area contributed by atoms with Crippen LogP contribution in [0.3, 0.4) is 0 Å². The van der Waals surface area contributed by atoms with Gasteiger partial charge in [0.15, 0.2) is 11.5 Å². The van der Waals surface area contributed by atoms with Crippen LogP contribution in [0.5, 0.6) is 17.2 Å². The van der Waals surface area contributed by atoms with Crippen LogP contribution in [0.15, 0.2) is 55.1 Å². The SMILES string of the molecule is C=CCc1ccc(OC(=O)c2ccc(O)cc2)c(OC)c1. The molecule has 4 nitrogen and oxygen atoms in total. The van der Waals surface area contributed by atoms with Crippen LogP contribution in [0.4, 0.5) is 0 Å². The molecule has 0 spiro atoms. The summed E-state index contributed by atoms with van der Waals surface area (Å²) in [6.45, 7) is 3.68. The van der Waals surface area contributed by atoms with Crippen LogP contribution in [-0.4, -0.2) is 18.2 Å². The van der Waals surface area contributed by atoms with Gasteiger partial charge < -0.3 is 14.6 Å². The summed E-state index contributed by atoms with van der Waals surface area (Å²) in [6.07, 6.45) is 2.50. The second kappa shape index (κ2) is 6.61. The number of methoxy groups -OCH3 is 1. The van der Waals surface area contributed by atoms with Crippen LogP contribution in [0, 0.1) is 0 Å². The average molecular weight is 284 g/mol. The Labute approximate surface area is 123 Å². The molecule has 21 heavy (non-hydrogen) atoms. The highest BCUT2D eigenvalue weighted by molar-refractivity contribution is 5.91. The van der Waals surface area contributed by atoms with Crippen molar-refractivity contribution < 1.29 is 19.4 Å². The van der Waals surface area contributed by atoms with Crippen LogP contribution in [0.2, 0.25) is 0 Å². The zero-order chi connectivity index (χ0) is 15.2. The zero-order valence-electron chi connectivity index (χ0n) is 11.7. The Morgan fingerprint density at radius 2 is 1.90 bits per heavy atom. The maximum Gasteiger partial charge on any atom is 0.343 e. The molecule has 0 amide bonds. The molecule has 2 aromatic carbocycles. The Hall–Kier alpha value is -2.75. The number of esters is 1. The molecule has 0 bridgehead atoms. The maximum atomic E-state index is 12.0. The van der Waals surface area contributed by atoms with Gasteiger partial charge in [-0.25, -0.2) is 4.79 Å². The second-order valence-electron chi connectivity index (χ2n) is 4.41. The highest BCUT2D eigenvalue weighted by atomic mass is 16.6. The summed E-state index contributed by atoms with van der Waals surface area (Å²) in [5, 5.41) is 9.21. The Balaban J connectivity index is 2.20. The number of benzene rings is 2. The lowest BCUT2D eigenvalue weighted by molar-refractivity contribution is 0.0729. The third kappa shape index (κ3) is 3.63. The van der Waals surface area contributed by atoms with Crippen molar-refractivity contribution in [2.75, 3.05) is 7.11 Å². The number of carbonyl (C=O) groups excluding carboxylic acids is 1. The fraction of sp³-hybridized carbons (Fsp3) is 0.118. The molecule has 0 fully saturated rings. The van der Waals surface area contributed by atoms with E-state index >= 15 is 0 Å². The van der Waals surface area contributed by atoms with Gasteiger partial charge in [-0.15, -0.1) is 6.58 Å². The smallest absolute Gasteiger partial charge is 0.343 e. The van der Waals surface area contributed by atoms with E-state index in [4.69, 9.17) is 9.47 Å². The monoisotopic (exact) mass is 284 g/mol. The molecule has 0 aliphatic heterocycles. The van der Waals surface area contributed by atoms with Gasteiger partial charge in [0.1, 0.15) is 5.75 Å². The van der Waals surface area contributed by atoms with E-state index in [2.05, 4.69) is 6.58 Å². The summed E-state index contributed by atoms with van der Waals surface area (Å²) in [5.74, 6) is 0.424. The molecule has 0 aliphatic carbocycles. The fourth-order valence-electron chi connectivity index (χ4n) is 1.85. The number of ether oxygens (including phenoxy) is 2. The lowest BCUT2D eigenvalue weighted by atomic mass is 10.1. The lowest BCUT2D eigenvalue weighted by Crippen LogP contribution is -2.09. The standard InChI is InChI=1S/C17H16O4/c1-3-4-12-5-10-15(16(11-12)20-2)21-17(19)13-6-8-14(18)9-7-13/h3,5-11,18H,1,4H2,2H3. The van der Waals surface area contributed by atoms with Crippen LogP contribution >= 0.6 is 0 Å². The van der Waals surface area contributed by atoms with Crippen molar-refractivity contribution in [3.8, 4) is 17.2 Å². The number of phenols is 1. The van der Waals surface area contributed by atoms with E-state index in [1.807, 2.05) is 6.07 Å². The fourth-order valence-corrected chi connectivity index (χ4v) is 1.85. The summed E-state index contributed by atoms with van der Waals surface area (Å²) < 4.78 is 10.6. The third-order valence-corrected chi connectivity index (χ3v) is 2.91. The molecule has 0 saturated carbocycles. The van der Waals surface area contributed by atoms with Crippen LogP contribution in [-0.2, 0) is 6.42 Å². The Bertz CT molecular complexity index is 644. The summed E-state index contributed by atoms with van der Waals surface area (Å²) in [7, 11) is 1.52. The van der Waals surface area contributed by atoms with Gasteiger partial charge in [-0.1, -0.05) is 12.1 Å². The molecule has 2 rings (SSSR count). The number of phenolic OH excluding ortho intramolecular Hbond substituents is 1. The van der Waals surface area contributed by atoms with Crippen molar-refractivity contribution in [3.63, 3.8) is 0 Å². The molecule has 0 heterocycles. The Morgan fingerprint density at radius 3 is 2.52 bits per heavy atom. The van der Waals surface area contributed by atoms with E-state index < -0.39 is 5.97 Å². The van der Waals surface area contributed by atoms with Crippen LogP contribution in [0.25, 0.3) is 0 Å². The first-order chi connectivity index (χ1) is 10.1. The molecular weight excluding hydrogens is 268 g/mol. The van der Waals surface area contributed by atoms with Crippen molar-refractivity contribution in [2.45, 2.75) is 6.42 Å². The Kier molecular flexibility index (Phi) is 4.61. The molecule has 0 radical (unpaired) electrons. The first-order valence-electron chi connectivity index (χ1n) is 6.43. The van der Waals surface area contributed by atoms with Crippen LogP contribution < -0.4 is 9.47 Å². The molecule has 0 atom stereocenters. The number of allylic oxidation sites excluding steroid dienone is 1. The summed E-state index contributed by atoms with van der Waals surface area (Å²) in [6, 6.07) is 11.2. The molecule has 108 valence electrons. The maximum absolute atomic E-state index is 12.0. The summed E-state index contributed by atoms with van der Waals surface area (Å²) in [4.78, 5) is 12.0. The van der Waals surface area contributed by atoms with Crippen LogP contribution in [0.1, 0.15) is 15.9 Å². The predicted octanol–water partition coefficient (Wildman–Crippen LogP) is 3.35. The van der Waals surface area contributed by atoms with E-state index in [9.17, 15) is 9.90 Å². The topological polar surface area (TPSA) is 55.8 Å². The van der Waals surface area contributed by atoms with Crippen molar-refractivity contribution in [2.24, 2.45) is 0 Å². The summed E-state index contributed by atoms with van der Waals surface area (Å²) in [5.41, 5.74) is 1.37. The van der Waals surface area contributed by atoms with Crippen molar-refractivity contribution >= 4 is 5.97 Å². The van der Waals surface area contributed by atoms with Gasteiger partial charge in [0.2, 0.25) is 0 Å². The number of aromatic hydroxyl groups is 1. The highest BCUT2D eigenvalue weighted by Crippen LogP contribution is 2.29. The molecular formula is C17H16O4. The van der Waals surface area contributed by atoms with Crippen molar-refractivity contribution in [1.82, 2.24) is 0 Å². The largest absolute Gasteiger partial charge is 0.508 e. The molecule has 0 aromatic heterocycles. The summed E-state index contributed by atoms with van der Waals surface area (Å²) >= 11 is 0. The first kappa shape index (κ1) is 14.7. The van der Waals surface area contributed by atoms with E-state index in [1.165, 1.54) is 31.4 Å². The third-order valence-electron chi connectivity index (χ3n) is 2.91. The quantitative estimate of drug-likeness (QED) is 0.519. The van der Waals surface area contributed by atoms with E-state index in [0.717, 1.165) is 5.56 Å². The van der Waals surface area contributed by atoms with Gasteiger partial charge in [0.05, 0.1) is 12.7 Å². The van der Waals surface area contributed by atoms with E-state index in [-0.39, 0.29) is 5.75 Å². The number of rotatable bonds is 5. The molecule has 0 aliphatic rings. The van der Waals surface area contributed by atoms with E-state index in [0.29, 0.717) is 23.5 Å². The van der Waals surface area contributed by atoms with Gasteiger partial charge in [0, 0.05) is 0 Å². The van der Waals surface area contributed by atoms with Gasteiger partial charge in [-0.05, 0) is 48.4 Å². The highest BCUT2D eigenvalue weighted by Gasteiger charge is 2.12. The minimum atomic E-state index is -0.509. The molecule has 2 aromatic rings. The molecule has 0 unspecified atom stereocenters. The van der Waals surface area contributed by atoms with Gasteiger partial charge in [-0.3, -0.25) is 0 Å². The molecule has 4 heteroatoms. The van der Waals surface area contributed by atoms with Crippen molar-refractivity contribution in [3.05, 3.63) is 66.2 Å². The Morgan fingerprint density at radius 1 is 1.19 bits per heavy atom. The molecule has 0 saturated heterocycles. The van der Waals surface area contributed by atoms with E-state index in [1.54, 1.807) is 18.2 Å². The van der Waals surface area contributed by atoms with Gasteiger partial charge >= 0.3 is 5.97 Å². The first-order valence-corrected chi connectivity index (χ1v) is 6.43. The number of carbonyl (C=O) groups is 1. The second-order valence-corrected chi connectivity index (χ2v) is 4.41. The van der Waals surface area contributed by atoms with Crippen molar-refractivity contribution in [1.29, 1.82) is 0 Å². The molecule has 1 N–H and O–H groups in total. The minimum Gasteiger partial charge on any atom is -0.508 e. The van der Waals surface area contributed by atoms with Gasteiger partial charge in [0.25, 0.3) is 0 Å². The zero-order valence-corrected chi connectivity index (χ0v) is 11.7.